The van der Waals surface area contributed by atoms with E-state index in [0.29, 0.717) is 18.7 Å². The van der Waals surface area contributed by atoms with Crippen molar-refractivity contribution in [3.05, 3.63) is 23.3 Å². The number of aromatic nitrogens is 2. The van der Waals surface area contributed by atoms with Gasteiger partial charge >= 0.3 is 0 Å². The number of rotatable bonds is 3. The highest BCUT2D eigenvalue weighted by Gasteiger charge is 2.31. The monoisotopic (exact) mass is 269 g/mol. The predicted octanol–water partition coefficient (Wildman–Crippen LogP) is 0.577. The third kappa shape index (κ3) is 3.26. The molecule has 2 heterocycles. The fraction of sp³-hybridized carbons (Fsp3) is 0.667. The van der Waals surface area contributed by atoms with Crippen LogP contribution in [0.5, 0.6) is 0 Å². The zero-order valence-electron chi connectivity index (χ0n) is 10.8. The maximum absolute atomic E-state index is 11.5. The largest absolute Gasteiger partial charge is 0.328 e. The van der Waals surface area contributed by atoms with E-state index in [9.17, 15) is 8.42 Å². The summed E-state index contributed by atoms with van der Waals surface area (Å²) in [6, 6.07) is 1.95. The third-order valence-corrected chi connectivity index (χ3v) is 4.82. The molecule has 2 atom stereocenters. The second-order valence-electron chi connectivity index (χ2n) is 5.14. The summed E-state index contributed by atoms with van der Waals surface area (Å²) in [5, 5.41) is 0. The molecule has 0 spiro atoms. The summed E-state index contributed by atoms with van der Waals surface area (Å²) in [6.45, 7) is 3.83. The predicted molar refractivity (Wildman–Crippen MR) is 70.1 cm³/mol. The fourth-order valence-electron chi connectivity index (χ4n) is 2.27. The van der Waals surface area contributed by atoms with Crippen LogP contribution in [-0.2, 0) is 16.3 Å². The molecule has 2 unspecified atom stereocenters. The van der Waals surface area contributed by atoms with Crippen LogP contribution in [0.2, 0.25) is 0 Å². The van der Waals surface area contributed by atoms with Crippen LogP contribution in [0.3, 0.4) is 0 Å². The van der Waals surface area contributed by atoms with E-state index in [0.717, 1.165) is 11.4 Å². The first-order chi connectivity index (χ1) is 8.35. The number of nitrogens with zero attached hydrogens (tertiary/aromatic N) is 2. The quantitative estimate of drug-likeness (QED) is 0.867. The molecule has 1 saturated heterocycles. The Bertz CT molecular complexity index is 540. The summed E-state index contributed by atoms with van der Waals surface area (Å²) in [5.41, 5.74) is 7.54. The smallest absolute Gasteiger partial charge is 0.151 e. The highest BCUT2D eigenvalue weighted by Crippen LogP contribution is 2.26. The van der Waals surface area contributed by atoms with Crippen molar-refractivity contribution < 1.29 is 8.42 Å². The van der Waals surface area contributed by atoms with Gasteiger partial charge in [-0.15, -0.1) is 0 Å². The molecule has 0 aromatic carbocycles. The van der Waals surface area contributed by atoms with Crippen molar-refractivity contribution in [3.8, 4) is 0 Å². The van der Waals surface area contributed by atoms with Crippen molar-refractivity contribution in [2.75, 3.05) is 11.5 Å². The van der Waals surface area contributed by atoms with Crippen molar-refractivity contribution in [1.82, 2.24) is 9.97 Å². The Morgan fingerprint density at radius 1 is 1.50 bits per heavy atom. The first kappa shape index (κ1) is 13.4. The Hall–Kier alpha value is -1.01. The van der Waals surface area contributed by atoms with Gasteiger partial charge in [0, 0.05) is 29.8 Å². The number of hydrogen-bond donors (Lipinski definition) is 1. The van der Waals surface area contributed by atoms with E-state index in [4.69, 9.17) is 5.73 Å². The standard InChI is InChI=1S/C12H19N3O2S/c1-8(13)5-11-6-9(2)14-12(15-11)10-3-4-18(16,17)7-10/h6,8,10H,3-5,7,13H2,1-2H3. The van der Waals surface area contributed by atoms with Crippen molar-refractivity contribution in [3.63, 3.8) is 0 Å². The van der Waals surface area contributed by atoms with E-state index in [2.05, 4.69) is 9.97 Å². The molecule has 1 aromatic heterocycles. The summed E-state index contributed by atoms with van der Waals surface area (Å²) >= 11 is 0. The van der Waals surface area contributed by atoms with E-state index in [-0.39, 0.29) is 23.5 Å². The van der Waals surface area contributed by atoms with Crippen LogP contribution in [0.25, 0.3) is 0 Å². The Morgan fingerprint density at radius 3 is 2.78 bits per heavy atom. The third-order valence-electron chi connectivity index (χ3n) is 3.05. The number of nitrogens with two attached hydrogens (primary N) is 1. The van der Waals surface area contributed by atoms with Crippen molar-refractivity contribution >= 4 is 9.84 Å². The Kier molecular flexibility index (Phi) is 3.68. The molecule has 2 N–H and O–H groups in total. The van der Waals surface area contributed by atoms with Crippen LogP contribution >= 0.6 is 0 Å². The number of sulfone groups is 1. The first-order valence-electron chi connectivity index (χ1n) is 6.16. The van der Waals surface area contributed by atoms with E-state index < -0.39 is 9.84 Å². The minimum Gasteiger partial charge on any atom is -0.328 e. The molecule has 1 aromatic rings. The van der Waals surface area contributed by atoms with Crippen LogP contribution in [0.15, 0.2) is 6.07 Å². The maximum atomic E-state index is 11.5. The fourth-order valence-corrected chi connectivity index (χ4v) is 4.01. The second-order valence-corrected chi connectivity index (χ2v) is 7.37. The average Bonchev–Trinajstić information content (AvgIpc) is 2.57. The lowest BCUT2D eigenvalue weighted by molar-refractivity contribution is 0.600. The van der Waals surface area contributed by atoms with E-state index in [1.807, 2.05) is 19.9 Å². The minimum atomic E-state index is -2.90. The summed E-state index contributed by atoms with van der Waals surface area (Å²) in [4.78, 5) is 8.84. The van der Waals surface area contributed by atoms with Crippen molar-refractivity contribution in [2.24, 2.45) is 5.73 Å². The Balaban J connectivity index is 2.26. The van der Waals surface area contributed by atoms with Crippen LogP contribution in [0.1, 0.15) is 36.5 Å². The summed E-state index contributed by atoms with van der Waals surface area (Å²) in [5.74, 6) is 1.03. The molecule has 5 nitrogen and oxygen atoms in total. The summed E-state index contributed by atoms with van der Waals surface area (Å²) < 4.78 is 23.0. The average molecular weight is 269 g/mol. The lowest BCUT2D eigenvalue weighted by Crippen LogP contribution is -2.20. The lowest BCUT2D eigenvalue weighted by atomic mass is 10.1. The molecule has 0 bridgehead atoms. The van der Waals surface area contributed by atoms with Gasteiger partial charge in [-0.05, 0) is 26.3 Å². The zero-order chi connectivity index (χ0) is 13.3. The van der Waals surface area contributed by atoms with Gasteiger partial charge in [-0.2, -0.15) is 0 Å². The van der Waals surface area contributed by atoms with Gasteiger partial charge in [0.05, 0.1) is 11.5 Å². The molecule has 0 aliphatic carbocycles. The first-order valence-corrected chi connectivity index (χ1v) is 7.98. The van der Waals surface area contributed by atoms with Crippen LogP contribution in [-0.4, -0.2) is 35.9 Å². The molecule has 100 valence electrons. The van der Waals surface area contributed by atoms with Gasteiger partial charge < -0.3 is 5.73 Å². The van der Waals surface area contributed by atoms with E-state index in [1.165, 1.54) is 0 Å². The summed E-state index contributed by atoms with van der Waals surface area (Å²) in [6.07, 6.45) is 1.32. The highest BCUT2D eigenvalue weighted by molar-refractivity contribution is 7.91. The molecule has 0 radical (unpaired) electrons. The van der Waals surface area contributed by atoms with Gasteiger partial charge in [-0.1, -0.05) is 0 Å². The van der Waals surface area contributed by atoms with Crippen LogP contribution in [0, 0.1) is 6.92 Å². The molecule has 18 heavy (non-hydrogen) atoms. The van der Waals surface area contributed by atoms with Crippen molar-refractivity contribution in [2.45, 2.75) is 38.6 Å². The molecule has 0 amide bonds. The zero-order valence-corrected chi connectivity index (χ0v) is 11.6. The second kappa shape index (κ2) is 4.93. The van der Waals surface area contributed by atoms with Crippen molar-refractivity contribution in [1.29, 1.82) is 0 Å². The normalized spacial score (nSPS) is 24.1. The maximum Gasteiger partial charge on any atom is 0.151 e. The molecule has 1 aliphatic rings. The van der Waals surface area contributed by atoms with E-state index in [1.54, 1.807) is 0 Å². The number of hydrogen-bond acceptors (Lipinski definition) is 5. The molecule has 1 fully saturated rings. The van der Waals surface area contributed by atoms with Crippen LogP contribution < -0.4 is 5.73 Å². The van der Waals surface area contributed by atoms with Crippen LogP contribution in [0.4, 0.5) is 0 Å². The summed E-state index contributed by atoms with van der Waals surface area (Å²) in [7, 11) is -2.90. The van der Waals surface area contributed by atoms with Gasteiger partial charge in [-0.3, -0.25) is 0 Å². The van der Waals surface area contributed by atoms with Gasteiger partial charge in [0.2, 0.25) is 0 Å². The molecule has 1 aliphatic heterocycles. The highest BCUT2D eigenvalue weighted by atomic mass is 32.2. The molecular formula is C12H19N3O2S. The topological polar surface area (TPSA) is 85.9 Å². The number of aryl methyl sites for hydroxylation is 1. The Labute approximate surface area is 108 Å². The van der Waals surface area contributed by atoms with Gasteiger partial charge in [-0.25, -0.2) is 18.4 Å². The van der Waals surface area contributed by atoms with E-state index >= 15 is 0 Å². The SMILES string of the molecule is Cc1cc(CC(C)N)nc(C2CCS(=O)(=O)C2)n1. The molecule has 6 heteroatoms. The van der Waals surface area contributed by atoms with Gasteiger partial charge in [0.1, 0.15) is 5.82 Å². The minimum absolute atomic E-state index is 0.0412. The lowest BCUT2D eigenvalue weighted by Gasteiger charge is -2.11. The Morgan fingerprint density at radius 2 is 2.22 bits per heavy atom. The van der Waals surface area contributed by atoms with Gasteiger partial charge in [0.15, 0.2) is 9.84 Å². The van der Waals surface area contributed by atoms with Gasteiger partial charge in [0.25, 0.3) is 0 Å². The molecular weight excluding hydrogens is 250 g/mol. The molecule has 0 saturated carbocycles. The molecule has 2 rings (SSSR count).